The number of carbonyl (C=O) groups excluding carboxylic acids is 2. The normalized spacial score (nSPS) is 11.4. The second kappa shape index (κ2) is 12.6. The average Bonchev–Trinajstić information content (AvgIpc) is 2.84. The number of halogens is 4. The summed E-state index contributed by atoms with van der Waals surface area (Å²) in [7, 11) is 0. The Bertz CT molecular complexity index is 1290. The first kappa shape index (κ1) is 28.0. The monoisotopic (exact) mass is 532 g/mol. The highest BCUT2D eigenvalue weighted by atomic mass is 19.4. The van der Waals surface area contributed by atoms with E-state index in [2.05, 4.69) is 0 Å². The summed E-state index contributed by atoms with van der Waals surface area (Å²) in [6, 6.07) is 14.3. The fourth-order valence-electron chi connectivity index (χ4n) is 3.21. The summed E-state index contributed by atoms with van der Waals surface area (Å²) in [6.45, 7) is -0.324. The van der Waals surface area contributed by atoms with E-state index in [1.807, 2.05) is 0 Å². The highest BCUT2D eigenvalue weighted by molar-refractivity contribution is 5.91. The molecule has 0 bridgehead atoms. The third kappa shape index (κ3) is 9.16. The minimum Gasteiger partial charge on any atom is -0.491 e. The predicted octanol–water partition coefficient (Wildman–Crippen LogP) is 5.69. The molecule has 200 valence electrons. The third-order valence-corrected chi connectivity index (χ3v) is 4.95. The molecule has 0 atom stereocenters. The number of carbonyl (C=O) groups is 2. The van der Waals surface area contributed by atoms with Crippen LogP contribution in [0.15, 0.2) is 66.7 Å². The maximum atomic E-state index is 14.2. The van der Waals surface area contributed by atoms with Crippen LogP contribution in [0.3, 0.4) is 0 Å². The molecule has 0 saturated carbocycles. The Balaban J connectivity index is 1.49. The molecular formula is C27H24F4N2O5. The first-order valence-corrected chi connectivity index (χ1v) is 11.3. The van der Waals surface area contributed by atoms with E-state index < -0.39 is 30.4 Å². The number of hydrogen-bond donors (Lipinski definition) is 2. The van der Waals surface area contributed by atoms with Gasteiger partial charge in [0.25, 0.3) is 0 Å². The predicted molar refractivity (Wildman–Crippen MR) is 133 cm³/mol. The molecule has 0 amide bonds. The van der Waals surface area contributed by atoms with Crippen LogP contribution in [0, 0.1) is 5.82 Å². The van der Waals surface area contributed by atoms with Crippen molar-refractivity contribution in [2.24, 2.45) is 0 Å². The van der Waals surface area contributed by atoms with Crippen LogP contribution in [0.25, 0.3) is 6.08 Å². The van der Waals surface area contributed by atoms with Crippen molar-refractivity contribution in [2.45, 2.75) is 25.6 Å². The lowest BCUT2D eigenvalue weighted by molar-refractivity contribution is -0.139. The van der Waals surface area contributed by atoms with E-state index >= 15 is 0 Å². The van der Waals surface area contributed by atoms with Crippen molar-refractivity contribution in [3.8, 4) is 11.5 Å². The van der Waals surface area contributed by atoms with Crippen LogP contribution in [-0.4, -0.2) is 24.7 Å². The summed E-state index contributed by atoms with van der Waals surface area (Å²) in [5.41, 5.74) is 13.5. The maximum Gasteiger partial charge on any atom is 0.389 e. The van der Waals surface area contributed by atoms with Gasteiger partial charge in [-0.1, -0.05) is 12.1 Å². The number of hydrogen-bond acceptors (Lipinski definition) is 7. The molecule has 4 N–H and O–H groups in total. The zero-order valence-electron chi connectivity index (χ0n) is 20.0. The quantitative estimate of drug-likeness (QED) is 0.0862. The van der Waals surface area contributed by atoms with Gasteiger partial charge in [-0.15, -0.1) is 0 Å². The van der Waals surface area contributed by atoms with E-state index in [-0.39, 0.29) is 36.7 Å². The Labute approximate surface area is 215 Å². The van der Waals surface area contributed by atoms with Crippen LogP contribution in [0.1, 0.15) is 34.3 Å². The molecule has 38 heavy (non-hydrogen) atoms. The SMILES string of the molecule is Nc1cc(N)cc(COC(=O)C=Cc2ccc(OC(=O)c3ccc(OCCCC(F)(F)F)c(F)c3)cc2)c1. The van der Waals surface area contributed by atoms with E-state index in [0.717, 1.165) is 12.1 Å². The van der Waals surface area contributed by atoms with Gasteiger partial charge in [-0.2, -0.15) is 13.2 Å². The molecule has 0 unspecified atom stereocenters. The minimum atomic E-state index is -4.32. The Morgan fingerprint density at radius 3 is 2.24 bits per heavy atom. The molecule has 0 aliphatic rings. The summed E-state index contributed by atoms with van der Waals surface area (Å²) in [6.07, 6.45) is -2.95. The fourth-order valence-corrected chi connectivity index (χ4v) is 3.21. The zero-order chi connectivity index (χ0) is 27.7. The van der Waals surface area contributed by atoms with Gasteiger partial charge in [0, 0.05) is 23.9 Å². The van der Waals surface area contributed by atoms with Crippen molar-refractivity contribution in [1.29, 1.82) is 0 Å². The van der Waals surface area contributed by atoms with Gasteiger partial charge in [0.15, 0.2) is 11.6 Å². The molecule has 0 aromatic heterocycles. The maximum absolute atomic E-state index is 14.2. The lowest BCUT2D eigenvalue weighted by Crippen LogP contribution is -2.11. The van der Waals surface area contributed by atoms with Crippen LogP contribution < -0.4 is 20.9 Å². The highest BCUT2D eigenvalue weighted by Crippen LogP contribution is 2.24. The van der Waals surface area contributed by atoms with Crippen LogP contribution in [0.4, 0.5) is 28.9 Å². The molecule has 0 spiro atoms. The number of esters is 2. The zero-order valence-corrected chi connectivity index (χ0v) is 20.0. The number of nitrogen functional groups attached to an aromatic ring is 2. The second-order valence-electron chi connectivity index (χ2n) is 8.12. The van der Waals surface area contributed by atoms with E-state index in [9.17, 15) is 27.2 Å². The van der Waals surface area contributed by atoms with Crippen molar-refractivity contribution >= 4 is 29.4 Å². The molecule has 0 radical (unpaired) electrons. The molecule has 0 heterocycles. The number of ether oxygens (including phenoxy) is 3. The molecule has 3 aromatic rings. The molecular weight excluding hydrogens is 508 g/mol. The smallest absolute Gasteiger partial charge is 0.389 e. The Morgan fingerprint density at radius 1 is 0.921 bits per heavy atom. The molecule has 3 aromatic carbocycles. The van der Waals surface area contributed by atoms with Crippen molar-refractivity contribution in [2.75, 3.05) is 18.1 Å². The summed E-state index contributed by atoms with van der Waals surface area (Å²) >= 11 is 0. The van der Waals surface area contributed by atoms with E-state index in [1.54, 1.807) is 30.3 Å². The topological polar surface area (TPSA) is 114 Å². The van der Waals surface area contributed by atoms with Gasteiger partial charge in [0.1, 0.15) is 12.4 Å². The Kier molecular flexibility index (Phi) is 9.31. The average molecular weight is 532 g/mol. The Morgan fingerprint density at radius 2 is 1.61 bits per heavy atom. The number of rotatable bonds is 10. The van der Waals surface area contributed by atoms with Gasteiger partial charge in [0.2, 0.25) is 0 Å². The van der Waals surface area contributed by atoms with Crippen molar-refractivity contribution in [3.05, 3.63) is 89.2 Å². The van der Waals surface area contributed by atoms with Gasteiger partial charge in [0.05, 0.1) is 12.2 Å². The number of benzene rings is 3. The summed E-state index contributed by atoms with van der Waals surface area (Å²) in [5, 5.41) is 0. The first-order chi connectivity index (χ1) is 18.0. The van der Waals surface area contributed by atoms with Crippen molar-refractivity contribution in [1.82, 2.24) is 0 Å². The second-order valence-corrected chi connectivity index (χ2v) is 8.12. The van der Waals surface area contributed by atoms with Crippen LogP contribution in [0.2, 0.25) is 0 Å². The molecule has 11 heteroatoms. The van der Waals surface area contributed by atoms with Crippen LogP contribution in [-0.2, 0) is 16.1 Å². The van der Waals surface area contributed by atoms with Crippen molar-refractivity contribution in [3.63, 3.8) is 0 Å². The number of nitrogens with two attached hydrogens (primary N) is 2. The molecule has 0 aliphatic heterocycles. The van der Waals surface area contributed by atoms with E-state index in [4.69, 9.17) is 25.7 Å². The number of anilines is 2. The van der Waals surface area contributed by atoms with Crippen LogP contribution >= 0.6 is 0 Å². The van der Waals surface area contributed by atoms with Gasteiger partial charge >= 0.3 is 18.1 Å². The third-order valence-electron chi connectivity index (χ3n) is 4.95. The number of alkyl halides is 3. The summed E-state index contributed by atoms with van der Waals surface area (Å²) < 4.78 is 66.1. The first-order valence-electron chi connectivity index (χ1n) is 11.3. The summed E-state index contributed by atoms with van der Waals surface area (Å²) in [4.78, 5) is 24.3. The van der Waals surface area contributed by atoms with Crippen LogP contribution in [0.5, 0.6) is 11.5 Å². The summed E-state index contributed by atoms with van der Waals surface area (Å²) in [5.74, 6) is -2.44. The van der Waals surface area contributed by atoms with Gasteiger partial charge < -0.3 is 25.7 Å². The lowest BCUT2D eigenvalue weighted by atomic mass is 10.2. The molecule has 0 saturated heterocycles. The van der Waals surface area contributed by atoms with Gasteiger partial charge in [-0.3, -0.25) is 0 Å². The largest absolute Gasteiger partial charge is 0.491 e. The molecule has 0 aliphatic carbocycles. The van der Waals surface area contributed by atoms with E-state index in [0.29, 0.717) is 22.5 Å². The fraction of sp³-hybridized carbons (Fsp3) is 0.185. The minimum absolute atomic E-state index is 0.000933. The van der Waals surface area contributed by atoms with E-state index in [1.165, 1.54) is 30.4 Å². The van der Waals surface area contributed by atoms with Crippen molar-refractivity contribution < 1.29 is 41.4 Å². The Hall–Kier alpha value is -4.54. The molecule has 3 rings (SSSR count). The molecule has 0 fully saturated rings. The van der Waals surface area contributed by atoms with Gasteiger partial charge in [-0.05, 0) is 72.2 Å². The standard InChI is InChI=1S/C27H24F4N2O5/c28-23-14-19(5-8-24(23)36-11-1-10-27(29,30)31)26(35)38-22-6-2-17(3-7-22)4-9-25(34)37-16-18-12-20(32)15-21(33)13-18/h2-9,12-15H,1,10-11,16,32-33H2. The highest BCUT2D eigenvalue weighted by Gasteiger charge is 2.26. The van der Waals surface area contributed by atoms with Gasteiger partial charge in [-0.25, -0.2) is 14.0 Å². The molecule has 7 nitrogen and oxygen atoms in total. The lowest BCUT2D eigenvalue weighted by Gasteiger charge is -2.10.